The van der Waals surface area contributed by atoms with Gasteiger partial charge < -0.3 is 11.1 Å². The first-order chi connectivity index (χ1) is 9.22. The molecule has 0 radical (unpaired) electrons. The lowest BCUT2D eigenvalue weighted by Gasteiger charge is -2.09. The summed E-state index contributed by atoms with van der Waals surface area (Å²) in [7, 11) is -3.10. The van der Waals surface area contributed by atoms with Gasteiger partial charge in [-0.2, -0.15) is 0 Å². The van der Waals surface area contributed by atoms with Crippen LogP contribution in [0.3, 0.4) is 0 Å². The summed E-state index contributed by atoms with van der Waals surface area (Å²) in [5, 5.41) is 2.57. The summed E-state index contributed by atoms with van der Waals surface area (Å²) >= 11 is 5.93. The van der Waals surface area contributed by atoms with E-state index in [9.17, 15) is 13.2 Å². The maximum atomic E-state index is 11.7. The number of sulfone groups is 1. The van der Waals surface area contributed by atoms with Crippen LogP contribution in [-0.4, -0.2) is 25.3 Å². The molecule has 0 spiro atoms. The van der Waals surface area contributed by atoms with Crippen molar-refractivity contribution in [2.45, 2.75) is 31.9 Å². The Labute approximate surface area is 124 Å². The van der Waals surface area contributed by atoms with E-state index in [4.69, 9.17) is 17.3 Å². The Hall–Kier alpha value is -1.27. The molecule has 0 aromatic heterocycles. The van der Waals surface area contributed by atoms with Gasteiger partial charge in [-0.1, -0.05) is 11.6 Å². The summed E-state index contributed by atoms with van der Waals surface area (Å²) in [6.07, 6.45) is 0.422. The molecule has 0 aliphatic rings. The minimum atomic E-state index is -3.10. The fourth-order valence-electron chi connectivity index (χ4n) is 1.52. The summed E-state index contributed by atoms with van der Waals surface area (Å²) in [5.74, 6) is -0.260. The highest BCUT2D eigenvalue weighted by Crippen LogP contribution is 2.24. The van der Waals surface area contributed by atoms with Crippen molar-refractivity contribution in [2.75, 3.05) is 16.8 Å². The van der Waals surface area contributed by atoms with E-state index >= 15 is 0 Å². The summed E-state index contributed by atoms with van der Waals surface area (Å²) in [4.78, 5) is 11.7. The zero-order valence-corrected chi connectivity index (χ0v) is 13.1. The quantitative estimate of drug-likeness (QED) is 0.788. The number of hydrogen-bond donors (Lipinski definition) is 2. The fourth-order valence-corrected chi connectivity index (χ4v) is 2.77. The number of carbonyl (C=O) groups is 1. The van der Waals surface area contributed by atoms with Crippen LogP contribution in [0.2, 0.25) is 5.02 Å². The number of nitrogens with one attached hydrogen (secondary N) is 1. The van der Waals surface area contributed by atoms with Gasteiger partial charge in [0.1, 0.15) is 0 Å². The molecule has 0 unspecified atom stereocenters. The molecule has 7 heteroatoms. The van der Waals surface area contributed by atoms with Crippen molar-refractivity contribution >= 4 is 38.7 Å². The Kier molecular flexibility index (Phi) is 5.83. The van der Waals surface area contributed by atoms with E-state index in [1.807, 2.05) is 0 Å². The van der Waals surface area contributed by atoms with Gasteiger partial charge in [-0.25, -0.2) is 8.42 Å². The van der Waals surface area contributed by atoms with Crippen molar-refractivity contribution in [3.05, 3.63) is 23.2 Å². The molecule has 0 aliphatic carbocycles. The second-order valence-corrected chi connectivity index (χ2v) is 7.89. The Morgan fingerprint density at radius 1 is 1.40 bits per heavy atom. The molecule has 20 heavy (non-hydrogen) atoms. The molecule has 0 saturated heterocycles. The molecule has 0 heterocycles. The van der Waals surface area contributed by atoms with Gasteiger partial charge in [0.05, 0.1) is 21.7 Å². The van der Waals surface area contributed by atoms with Gasteiger partial charge in [0.25, 0.3) is 0 Å². The lowest BCUT2D eigenvalue weighted by atomic mass is 10.2. The Bertz CT molecular complexity index is 585. The van der Waals surface area contributed by atoms with Crippen molar-refractivity contribution in [3.63, 3.8) is 0 Å². The minimum Gasteiger partial charge on any atom is -0.399 e. The molecule has 0 atom stereocenters. The molecule has 0 bridgehead atoms. The van der Waals surface area contributed by atoms with E-state index in [2.05, 4.69) is 5.32 Å². The highest BCUT2D eigenvalue weighted by molar-refractivity contribution is 7.91. The van der Waals surface area contributed by atoms with Crippen LogP contribution < -0.4 is 11.1 Å². The third-order valence-corrected chi connectivity index (χ3v) is 5.43. The normalized spacial score (nSPS) is 11.6. The number of halogens is 1. The van der Waals surface area contributed by atoms with E-state index in [1.165, 1.54) is 0 Å². The van der Waals surface area contributed by atoms with Gasteiger partial charge >= 0.3 is 0 Å². The number of rotatable bonds is 6. The van der Waals surface area contributed by atoms with Crippen LogP contribution in [0.15, 0.2) is 18.2 Å². The van der Waals surface area contributed by atoms with Gasteiger partial charge in [-0.15, -0.1) is 0 Å². The van der Waals surface area contributed by atoms with Crippen LogP contribution in [0.25, 0.3) is 0 Å². The first-order valence-electron chi connectivity index (χ1n) is 6.29. The topological polar surface area (TPSA) is 89.3 Å². The Morgan fingerprint density at radius 2 is 2.05 bits per heavy atom. The monoisotopic (exact) mass is 318 g/mol. The number of amides is 1. The lowest BCUT2D eigenvalue weighted by Crippen LogP contribution is -2.19. The van der Waals surface area contributed by atoms with Gasteiger partial charge in [-0.05, 0) is 38.5 Å². The zero-order chi connectivity index (χ0) is 15.3. The summed E-state index contributed by atoms with van der Waals surface area (Å²) in [5.41, 5.74) is 6.53. The first kappa shape index (κ1) is 16.8. The van der Waals surface area contributed by atoms with Crippen LogP contribution in [0.4, 0.5) is 11.4 Å². The van der Waals surface area contributed by atoms with Gasteiger partial charge in [-0.3, -0.25) is 4.79 Å². The van der Waals surface area contributed by atoms with E-state index in [0.717, 1.165) is 0 Å². The average molecular weight is 319 g/mol. The highest BCUT2D eigenvalue weighted by Gasteiger charge is 2.16. The average Bonchev–Trinajstić information content (AvgIpc) is 2.32. The van der Waals surface area contributed by atoms with E-state index in [-0.39, 0.29) is 18.1 Å². The number of benzene rings is 1. The van der Waals surface area contributed by atoms with Crippen molar-refractivity contribution < 1.29 is 13.2 Å². The Balaban J connectivity index is 2.49. The number of hydrogen-bond acceptors (Lipinski definition) is 4. The molecule has 1 amide bonds. The predicted molar refractivity (Wildman–Crippen MR) is 82.7 cm³/mol. The molecule has 3 N–H and O–H groups in total. The van der Waals surface area contributed by atoms with Crippen LogP contribution in [0.5, 0.6) is 0 Å². The number of nitrogen functional groups attached to an aromatic ring is 1. The van der Waals surface area contributed by atoms with Crippen molar-refractivity contribution in [1.29, 1.82) is 0 Å². The largest absolute Gasteiger partial charge is 0.399 e. The number of anilines is 2. The molecule has 5 nitrogen and oxygen atoms in total. The molecule has 0 fully saturated rings. The molecule has 0 saturated carbocycles. The third-order valence-electron chi connectivity index (χ3n) is 2.82. The second kappa shape index (κ2) is 6.95. The molecule has 0 aliphatic heterocycles. The fraction of sp³-hybridized carbons (Fsp3) is 0.462. The zero-order valence-electron chi connectivity index (χ0n) is 11.5. The molecule has 1 aromatic carbocycles. The lowest BCUT2D eigenvalue weighted by molar-refractivity contribution is -0.116. The summed E-state index contributed by atoms with van der Waals surface area (Å²) in [6.45, 7) is 3.26. The minimum absolute atomic E-state index is 0.00750. The standard InChI is InChI=1S/C13H19ClN2O3S/c1-9(2)20(18,19)7-3-4-13(17)16-12-6-5-10(15)8-11(12)14/h5-6,8-9H,3-4,7,15H2,1-2H3,(H,16,17). The maximum absolute atomic E-state index is 11.7. The molecule has 1 aromatic rings. The number of nitrogens with two attached hydrogens (primary N) is 1. The smallest absolute Gasteiger partial charge is 0.224 e. The number of carbonyl (C=O) groups excluding carboxylic acids is 1. The highest BCUT2D eigenvalue weighted by atomic mass is 35.5. The van der Waals surface area contributed by atoms with Crippen LogP contribution in [-0.2, 0) is 14.6 Å². The summed E-state index contributed by atoms with van der Waals surface area (Å²) < 4.78 is 23.2. The van der Waals surface area contributed by atoms with Crippen molar-refractivity contribution in [1.82, 2.24) is 0 Å². The van der Waals surface area contributed by atoms with Crippen LogP contribution in [0.1, 0.15) is 26.7 Å². The van der Waals surface area contributed by atoms with Crippen LogP contribution >= 0.6 is 11.6 Å². The van der Waals surface area contributed by atoms with Gasteiger partial charge in [0.2, 0.25) is 5.91 Å². The third kappa shape index (κ3) is 5.02. The molecular weight excluding hydrogens is 300 g/mol. The molecule has 112 valence electrons. The second-order valence-electron chi connectivity index (χ2n) is 4.81. The van der Waals surface area contributed by atoms with Crippen molar-refractivity contribution in [2.24, 2.45) is 0 Å². The van der Waals surface area contributed by atoms with Gasteiger partial charge in [0, 0.05) is 12.1 Å². The van der Waals surface area contributed by atoms with E-state index in [1.54, 1.807) is 32.0 Å². The van der Waals surface area contributed by atoms with E-state index in [0.29, 0.717) is 22.8 Å². The maximum Gasteiger partial charge on any atom is 0.224 e. The van der Waals surface area contributed by atoms with Crippen molar-refractivity contribution in [3.8, 4) is 0 Å². The predicted octanol–water partition coefficient (Wildman–Crippen LogP) is 2.46. The van der Waals surface area contributed by atoms with E-state index < -0.39 is 15.1 Å². The summed E-state index contributed by atoms with van der Waals surface area (Å²) in [6, 6.07) is 4.78. The van der Waals surface area contributed by atoms with Crippen LogP contribution in [0, 0.1) is 0 Å². The molecule has 1 rings (SSSR count). The molecular formula is C13H19ClN2O3S. The SMILES string of the molecule is CC(C)S(=O)(=O)CCCC(=O)Nc1ccc(N)cc1Cl. The first-order valence-corrected chi connectivity index (χ1v) is 8.38. The van der Waals surface area contributed by atoms with Gasteiger partial charge in [0.15, 0.2) is 9.84 Å². The Morgan fingerprint density at radius 3 is 2.60 bits per heavy atom.